The van der Waals surface area contributed by atoms with Crippen LogP contribution in [0.25, 0.3) is 0 Å². The summed E-state index contributed by atoms with van der Waals surface area (Å²) in [5.74, 6) is -0.217. The molecule has 0 unspecified atom stereocenters. The van der Waals surface area contributed by atoms with Crippen molar-refractivity contribution in [1.29, 1.82) is 0 Å². The molecule has 4 N–H and O–H groups in total. The van der Waals surface area contributed by atoms with Crippen molar-refractivity contribution in [3.8, 4) is 0 Å². The normalized spacial score (nSPS) is 11.9. The fraction of sp³-hybridized carbons (Fsp3) is 0.278. The maximum atomic E-state index is 12.5. The van der Waals surface area contributed by atoms with Crippen LogP contribution < -0.4 is 16.4 Å². The Morgan fingerprint density at radius 1 is 1.07 bits per heavy atom. The molecule has 27 heavy (non-hydrogen) atoms. The average Bonchev–Trinajstić information content (AvgIpc) is 2.65. The Bertz CT molecular complexity index is 761. The number of benzene rings is 1. The molecule has 0 aliphatic carbocycles. The second-order valence-corrected chi connectivity index (χ2v) is 5.60. The van der Waals surface area contributed by atoms with E-state index in [1.165, 1.54) is 0 Å². The number of hydrogen-bond donors (Lipinski definition) is 3. The predicted octanol–water partition coefficient (Wildman–Crippen LogP) is 1.98. The summed E-state index contributed by atoms with van der Waals surface area (Å²) in [5, 5.41) is 5.44. The average molecular weight is 379 g/mol. The Hall–Kier alpha value is -3.10. The Labute approximate surface area is 154 Å². The zero-order chi connectivity index (χ0) is 19.7. The highest BCUT2D eigenvalue weighted by atomic mass is 19.4. The Morgan fingerprint density at radius 2 is 1.78 bits per heavy atom. The van der Waals surface area contributed by atoms with Crippen molar-refractivity contribution in [1.82, 2.24) is 15.6 Å². The van der Waals surface area contributed by atoms with Crippen LogP contribution in [0.15, 0.2) is 53.7 Å². The fourth-order valence-electron chi connectivity index (χ4n) is 2.17. The van der Waals surface area contributed by atoms with Gasteiger partial charge >= 0.3 is 6.18 Å². The number of rotatable bonds is 7. The summed E-state index contributed by atoms with van der Waals surface area (Å²) in [5.41, 5.74) is 5.99. The highest BCUT2D eigenvalue weighted by molar-refractivity contribution is 5.94. The number of guanidine groups is 1. The van der Waals surface area contributed by atoms with Gasteiger partial charge in [0, 0.05) is 43.5 Å². The molecule has 1 aromatic carbocycles. The molecule has 2 aromatic rings. The van der Waals surface area contributed by atoms with Gasteiger partial charge in [-0.1, -0.05) is 6.07 Å². The van der Waals surface area contributed by atoms with E-state index >= 15 is 0 Å². The lowest BCUT2D eigenvalue weighted by Crippen LogP contribution is -2.38. The maximum Gasteiger partial charge on any atom is 0.416 e. The second-order valence-electron chi connectivity index (χ2n) is 5.60. The summed E-state index contributed by atoms with van der Waals surface area (Å²) in [6.45, 7) is 1.06. The number of nitrogens with two attached hydrogens (primary N) is 1. The van der Waals surface area contributed by atoms with E-state index in [4.69, 9.17) is 5.73 Å². The van der Waals surface area contributed by atoms with Crippen LogP contribution in [0.1, 0.15) is 21.6 Å². The van der Waals surface area contributed by atoms with E-state index in [-0.39, 0.29) is 18.1 Å². The molecule has 0 saturated heterocycles. The molecule has 0 aliphatic rings. The lowest BCUT2D eigenvalue weighted by Gasteiger charge is -2.09. The number of carbonyl (C=O) groups is 1. The van der Waals surface area contributed by atoms with E-state index in [0.717, 1.165) is 30.0 Å². The molecule has 144 valence electrons. The van der Waals surface area contributed by atoms with Gasteiger partial charge in [-0.3, -0.25) is 14.8 Å². The van der Waals surface area contributed by atoms with Gasteiger partial charge in [0.25, 0.3) is 5.91 Å². The molecule has 0 atom stereocenters. The first-order valence-electron chi connectivity index (χ1n) is 8.25. The second kappa shape index (κ2) is 9.56. The van der Waals surface area contributed by atoms with Crippen molar-refractivity contribution in [3.05, 3.63) is 65.5 Å². The molecule has 0 bridgehead atoms. The summed E-state index contributed by atoms with van der Waals surface area (Å²) >= 11 is 0. The molecule has 9 heteroatoms. The van der Waals surface area contributed by atoms with Crippen LogP contribution in [0.2, 0.25) is 0 Å². The van der Waals surface area contributed by atoms with Crippen molar-refractivity contribution in [2.24, 2.45) is 10.7 Å². The predicted molar refractivity (Wildman–Crippen MR) is 96.2 cm³/mol. The van der Waals surface area contributed by atoms with Gasteiger partial charge in [0.05, 0.1) is 5.56 Å². The SMILES string of the molecule is NC(=NCCc1ccccn1)NCCNC(=O)c1ccc(C(F)(F)F)cc1. The first kappa shape index (κ1) is 20.2. The molecule has 0 radical (unpaired) electrons. The highest BCUT2D eigenvalue weighted by Gasteiger charge is 2.30. The van der Waals surface area contributed by atoms with Crippen LogP contribution in [0.5, 0.6) is 0 Å². The smallest absolute Gasteiger partial charge is 0.370 e. The third-order valence-corrected chi connectivity index (χ3v) is 3.57. The van der Waals surface area contributed by atoms with Crippen molar-refractivity contribution in [3.63, 3.8) is 0 Å². The van der Waals surface area contributed by atoms with Crippen LogP contribution in [-0.4, -0.2) is 36.5 Å². The van der Waals surface area contributed by atoms with Gasteiger partial charge in [0.15, 0.2) is 5.96 Å². The summed E-state index contributed by atoms with van der Waals surface area (Å²) in [6, 6.07) is 9.65. The lowest BCUT2D eigenvalue weighted by molar-refractivity contribution is -0.137. The number of carbonyl (C=O) groups excluding carboxylic acids is 1. The fourth-order valence-corrected chi connectivity index (χ4v) is 2.17. The minimum atomic E-state index is -4.42. The van der Waals surface area contributed by atoms with Crippen molar-refractivity contribution in [2.75, 3.05) is 19.6 Å². The molecular formula is C18H20F3N5O. The molecular weight excluding hydrogens is 359 g/mol. The van der Waals surface area contributed by atoms with Crippen LogP contribution >= 0.6 is 0 Å². The number of nitrogens with one attached hydrogen (secondary N) is 2. The van der Waals surface area contributed by atoms with E-state index in [1.54, 1.807) is 6.20 Å². The lowest BCUT2D eigenvalue weighted by atomic mass is 10.1. The summed E-state index contributed by atoms with van der Waals surface area (Å²) < 4.78 is 37.5. The van der Waals surface area contributed by atoms with E-state index < -0.39 is 17.6 Å². The number of hydrogen-bond acceptors (Lipinski definition) is 3. The maximum absolute atomic E-state index is 12.5. The number of alkyl halides is 3. The van der Waals surface area contributed by atoms with Gasteiger partial charge in [0.2, 0.25) is 0 Å². The highest BCUT2D eigenvalue weighted by Crippen LogP contribution is 2.28. The zero-order valence-electron chi connectivity index (χ0n) is 14.5. The van der Waals surface area contributed by atoms with Gasteiger partial charge < -0.3 is 16.4 Å². The first-order valence-corrected chi connectivity index (χ1v) is 8.25. The minimum Gasteiger partial charge on any atom is -0.370 e. The summed E-state index contributed by atoms with van der Waals surface area (Å²) in [4.78, 5) is 20.2. The minimum absolute atomic E-state index is 0.153. The van der Waals surface area contributed by atoms with E-state index in [1.807, 2.05) is 18.2 Å². The van der Waals surface area contributed by atoms with Gasteiger partial charge in [-0.05, 0) is 36.4 Å². The third kappa shape index (κ3) is 6.96. The van der Waals surface area contributed by atoms with Crippen LogP contribution in [-0.2, 0) is 12.6 Å². The molecule has 6 nitrogen and oxygen atoms in total. The summed E-state index contributed by atoms with van der Waals surface area (Å²) in [6.07, 6.45) is -2.06. The van der Waals surface area contributed by atoms with Crippen molar-refractivity contribution < 1.29 is 18.0 Å². The molecule has 1 amide bonds. The zero-order valence-corrected chi connectivity index (χ0v) is 14.5. The molecule has 0 aliphatic heterocycles. The number of halogens is 3. The topological polar surface area (TPSA) is 92.4 Å². The van der Waals surface area contributed by atoms with Gasteiger partial charge in [-0.15, -0.1) is 0 Å². The van der Waals surface area contributed by atoms with Crippen molar-refractivity contribution >= 4 is 11.9 Å². The van der Waals surface area contributed by atoms with Crippen LogP contribution in [0, 0.1) is 0 Å². The molecule has 0 fully saturated rings. The molecule has 0 spiro atoms. The van der Waals surface area contributed by atoms with Gasteiger partial charge in [-0.2, -0.15) is 13.2 Å². The number of amides is 1. The monoisotopic (exact) mass is 379 g/mol. The number of nitrogens with zero attached hydrogens (tertiary/aromatic N) is 2. The molecule has 0 saturated carbocycles. The van der Waals surface area contributed by atoms with Gasteiger partial charge in [-0.25, -0.2) is 0 Å². The van der Waals surface area contributed by atoms with Crippen molar-refractivity contribution in [2.45, 2.75) is 12.6 Å². The standard InChI is InChI=1S/C18H20F3N5O/c19-18(20,21)14-6-4-13(5-7-14)16(27)24-11-12-26-17(22)25-10-8-15-3-1-2-9-23-15/h1-7,9H,8,10-12H2,(H,24,27)(H3,22,25,26). The molecule has 1 aromatic heterocycles. The quantitative estimate of drug-likeness (QED) is 0.390. The van der Waals surface area contributed by atoms with Crippen LogP contribution in [0.4, 0.5) is 13.2 Å². The largest absolute Gasteiger partial charge is 0.416 e. The van der Waals surface area contributed by atoms with Gasteiger partial charge in [0.1, 0.15) is 0 Å². The number of aromatic nitrogens is 1. The van der Waals surface area contributed by atoms with E-state index in [2.05, 4.69) is 20.6 Å². The Balaban J connectivity index is 1.68. The van der Waals surface area contributed by atoms with E-state index in [9.17, 15) is 18.0 Å². The third-order valence-electron chi connectivity index (χ3n) is 3.57. The van der Waals surface area contributed by atoms with E-state index in [0.29, 0.717) is 19.5 Å². The van der Waals surface area contributed by atoms with Crippen LogP contribution in [0.3, 0.4) is 0 Å². The number of pyridine rings is 1. The first-order chi connectivity index (χ1) is 12.9. The number of aliphatic imine (C=N–C) groups is 1. The molecule has 1 heterocycles. The Morgan fingerprint density at radius 3 is 2.41 bits per heavy atom. The molecule has 2 rings (SSSR count). The summed E-state index contributed by atoms with van der Waals surface area (Å²) in [7, 11) is 0. The Kier molecular flexibility index (Phi) is 7.16.